The van der Waals surface area contributed by atoms with Crippen LogP contribution < -0.4 is 0 Å². The van der Waals surface area contributed by atoms with Crippen molar-refractivity contribution in [3.8, 4) is 0 Å². The Morgan fingerprint density at radius 3 is 3.00 bits per heavy atom. The van der Waals surface area contributed by atoms with Gasteiger partial charge in [0.2, 0.25) is 0 Å². The van der Waals surface area contributed by atoms with Crippen LogP contribution in [0.1, 0.15) is 17.2 Å². The highest BCUT2D eigenvalue weighted by atomic mass is 79.9. The third-order valence-electron chi connectivity index (χ3n) is 3.12. The highest BCUT2D eigenvalue weighted by Crippen LogP contribution is 2.38. The standard InChI is InChI=1S/C10H11BrClN3O2S/c1-15-3-4(7(9(15)18)10(16)17)6-5(2-12)13-14-8(6)11/h4,7H,2-3H2,1H3,(H,13,14)(H,16,17). The van der Waals surface area contributed by atoms with E-state index in [1.54, 1.807) is 11.9 Å². The van der Waals surface area contributed by atoms with Crippen LogP contribution in [0.4, 0.5) is 0 Å². The average molecular weight is 353 g/mol. The van der Waals surface area contributed by atoms with Gasteiger partial charge in [0.15, 0.2) is 0 Å². The van der Waals surface area contributed by atoms with Crippen molar-refractivity contribution < 1.29 is 9.90 Å². The molecule has 18 heavy (non-hydrogen) atoms. The maximum Gasteiger partial charge on any atom is 0.314 e. The molecular weight excluding hydrogens is 342 g/mol. The molecule has 0 saturated carbocycles. The monoisotopic (exact) mass is 351 g/mol. The zero-order valence-corrected chi connectivity index (χ0v) is 12.6. The summed E-state index contributed by atoms with van der Waals surface area (Å²) in [7, 11) is 1.80. The van der Waals surface area contributed by atoms with Crippen LogP contribution in [-0.2, 0) is 10.7 Å². The molecule has 1 fully saturated rings. The fourth-order valence-electron chi connectivity index (χ4n) is 2.28. The Balaban J connectivity index is 2.46. The van der Waals surface area contributed by atoms with E-state index in [1.807, 2.05) is 0 Å². The largest absolute Gasteiger partial charge is 0.481 e. The summed E-state index contributed by atoms with van der Waals surface area (Å²) in [5.74, 6) is -1.60. The van der Waals surface area contributed by atoms with Crippen LogP contribution >= 0.6 is 39.7 Å². The molecule has 2 rings (SSSR count). The van der Waals surface area contributed by atoms with Gasteiger partial charge in [0, 0.05) is 25.1 Å². The SMILES string of the molecule is CN1CC(c2c(Br)n[nH]c2CCl)C(C(=O)O)C1=S. The number of likely N-dealkylation sites (tertiary alicyclic amines) is 1. The molecule has 0 aromatic carbocycles. The molecule has 1 saturated heterocycles. The van der Waals surface area contributed by atoms with Gasteiger partial charge in [-0.1, -0.05) is 12.2 Å². The number of halogens is 2. The zero-order valence-electron chi connectivity index (χ0n) is 9.48. The van der Waals surface area contributed by atoms with Crippen molar-refractivity contribution in [1.29, 1.82) is 0 Å². The molecule has 2 unspecified atom stereocenters. The first-order valence-corrected chi connectivity index (χ1v) is 6.97. The van der Waals surface area contributed by atoms with E-state index in [0.717, 1.165) is 11.3 Å². The highest BCUT2D eigenvalue weighted by molar-refractivity contribution is 9.10. The molecule has 2 N–H and O–H groups in total. The van der Waals surface area contributed by atoms with E-state index >= 15 is 0 Å². The topological polar surface area (TPSA) is 69.2 Å². The first kappa shape index (κ1) is 13.8. The number of carboxylic acids is 1. The van der Waals surface area contributed by atoms with Gasteiger partial charge in [0.1, 0.15) is 10.5 Å². The lowest BCUT2D eigenvalue weighted by Crippen LogP contribution is -2.26. The molecule has 0 radical (unpaired) electrons. The normalized spacial score (nSPS) is 23.7. The second-order valence-corrected chi connectivity index (χ2v) is 5.62. The minimum atomic E-state index is -0.914. The molecule has 5 nitrogen and oxygen atoms in total. The van der Waals surface area contributed by atoms with E-state index in [0.29, 0.717) is 16.1 Å². The van der Waals surface area contributed by atoms with Gasteiger partial charge >= 0.3 is 5.97 Å². The van der Waals surface area contributed by atoms with Crippen molar-refractivity contribution in [3.63, 3.8) is 0 Å². The van der Waals surface area contributed by atoms with Gasteiger partial charge < -0.3 is 10.0 Å². The van der Waals surface area contributed by atoms with E-state index in [1.165, 1.54) is 0 Å². The average Bonchev–Trinajstić information content (AvgIpc) is 2.80. The van der Waals surface area contributed by atoms with Crippen LogP contribution in [0.25, 0.3) is 0 Å². The van der Waals surface area contributed by atoms with Crippen LogP contribution in [0.5, 0.6) is 0 Å². The highest BCUT2D eigenvalue weighted by Gasteiger charge is 2.43. The molecule has 2 atom stereocenters. The van der Waals surface area contributed by atoms with Crippen molar-refractivity contribution in [2.45, 2.75) is 11.8 Å². The summed E-state index contributed by atoms with van der Waals surface area (Å²) in [6.07, 6.45) is 0. The number of carboxylic acid groups (broad SMARTS) is 1. The van der Waals surface area contributed by atoms with Crippen LogP contribution in [-0.4, -0.2) is 44.8 Å². The number of thiocarbonyl (C=S) groups is 1. The molecule has 1 aliphatic rings. The predicted molar refractivity (Wildman–Crippen MR) is 74.9 cm³/mol. The van der Waals surface area contributed by atoms with E-state index < -0.39 is 11.9 Å². The number of nitrogens with one attached hydrogen (secondary N) is 1. The summed E-state index contributed by atoms with van der Waals surface area (Å²) >= 11 is 14.3. The minimum absolute atomic E-state index is 0.234. The van der Waals surface area contributed by atoms with Crippen molar-refractivity contribution in [3.05, 3.63) is 15.9 Å². The summed E-state index contributed by atoms with van der Waals surface area (Å²) in [5.41, 5.74) is 1.54. The van der Waals surface area contributed by atoms with Crippen LogP contribution in [0.3, 0.4) is 0 Å². The van der Waals surface area contributed by atoms with Gasteiger partial charge in [-0.2, -0.15) is 5.10 Å². The summed E-state index contributed by atoms with van der Waals surface area (Å²) in [6.45, 7) is 0.553. The maximum absolute atomic E-state index is 11.4. The third-order valence-corrected chi connectivity index (χ3v) is 4.56. The van der Waals surface area contributed by atoms with Crippen molar-refractivity contribution in [1.82, 2.24) is 15.1 Å². The number of rotatable bonds is 3. The smallest absolute Gasteiger partial charge is 0.314 e. The van der Waals surface area contributed by atoms with Gasteiger partial charge in [-0.05, 0) is 15.9 Å². The summed E-state index contributed by atoms with van der Waals surface area (Å²) in [6, 6.07) is 0. The molecule has 1 aliphatic heterocycles. The maximum atomic E-state index is 11.4. The number of hydrogen-bond donors (Lipinski definition) is 2. The third kappa shape index (κ3) is 2.15. The Bertz CT molecular complexity index is 507. The second kappa shape index (κ2) is 5.14. The number of hydrogen-bond acceptors (Lipinski definition) is 3. The fraction of sp³-hybridized carbons (Fsp3) is 0.500. The summed E-state index contributed by atoms with van der Waals surface area (Å²) in [5, 5.41) is 16.2. The molecule has 0 amide bonds. The van der Waals surface area contributed by atoms with E-state index in [-0.39, 0.29) is 11.8 Å². The Morgan fingerprint density at radius 2 is 2.44 bits per heavy atom. The van der Waals surface area contributed by atoms with Gasteiger partial charge in [-0.3, -0.25) is 9.89 Å². The molecule has 2 heterocycles. The molecule has 1 aromatic heterocycles. The number of aliphatic carboxylic acids is 1. The lowest BCUT2D eigenvalue weighted by atomic mass is 9.89. The number of H-pyrrole nitrogens is 1. The first-order valence-electron chi connectivity index (χ1n) is 5.23. The predicted octanol–water partition coefficient (Wildman–Crippen LogP) is 1.97. The number of nitrogens with zero attached hydrogens (tertiary/aromatic N) is 2. The molecule has 0 spiro atoms. The Morgan fingerprint density at radius 1 is 1.78 bits per heavy atom. The lowest BCUT2D eigenvalue weighted by molar-refractivity contribution is -0.139. The van der Waals surface area contributed by atoms with E-state index in [4.69, 9.17) is 23.8 Å². The van der Waals surface area contributed by atoms with Gasteiger partial charge in [-0.15, -0.1) is 11.6 Å². The fourth-order valence-corrected chi connectivity index (χ4v) is 3.44. The quantitative estimate of drug-likeness (QED) is 0.643. The van der Waals surface area contributed by atoms with Gasteiger partial charge in [0.05, 0.1) is 16.6 Å². The summed E-state index contributed by atoms with van der Waals surface area (Å²) in [4.78, 5) is 13.6. The molecular formula is C10H11BrClN3O2S. The van der Waals surface area contributed by atoms with Crippen LogP contribution in [0, 0.1) is 5.92 Å². The number of carbonyl (C=O) groups is 1. The van der Waals surface area contributed by atoms with Crippen molar-refractivity contribution >= 4 is 50.7 Å². The Labute approximate surface area is 123 Å². The number of aromatic amines is 1. The second-order valence-electron chi connectivity index (χ2n) is 4.18. The van der Waals surface area contributed by atoms with Crippen molar-refractivity contribution in [2.24, 2.45) is 5.92 Å². The van der Waals surface area contributed by atoms with E-state index in [2.05, 4.69) is 26.1 Å². The zero-order chi connectivity index (χ0) is 13.4. The minimum Gasteiger partial charge on any atom is -0.481 e. The van der Waals surface area contributed by atoms with Crippen LogP contribution in [0.2, 0.25) is 0 Å². The number of aromatic nitrogens is 2. The summed E-state index contributed by atoms with van der Waals surface area (Å²) < 4.78 is 0.604. The number of alkyl halides is 1. The molecule has 8 heteroatoms. The van der Waals surface area contributed by atoms with Gasteiger partial charge in [0.25, 0.3) is 0 Å². The Hall–Kier alpha value is -0.660. The van der Waals surface area contributed by atoms with Gasteiger partial charge in [-0.25, -0.2) is 0 Å². The molecule has 0 bridgehead atoms. The van der Waals surface area contributed by atoms with Crippen LogP contribution in [0.15, 0.2) is 4.60 Å². The molecule has 1 aromatic rings. The number of likely N-dealkylation sites (N-methyl/N-ethyl adjacent to an activating group) is 1. The lowest BCUT2D eigenvalue weighted by Gasteiger charge is -2.14. The molecule has 98 valence electrons. The van der Waals surface area contributed by atoms with Crippen molar-refractivity contribution in [2.75, 3.05) is 13.6 Å². The Kier molecular flexibility index (Phi) is 3.93. The van der Waals surface area contributed by atoms with E-state index in [9.17, 15) is 9.90 Å². The molecule has 0 aliphatic carbocycles. The first-order chi connectivity index (χ1) is 8.47.